The van der Waals surface area contributed by atoms with Crippen LogP contribution in [0.3, 0.4) is 0 Å². The number of likely N-dealkylation sites (N-methyl/N-ethyl adjacent to an activating group) is 1. The third-order valence-electron chi connectivity index (χ3n) is 5.50. The van der Waals surface area contributed by atoms with Crippen molar-refractivity contribution in [1.82, 2.24) is 19.7 Å². The Balaban J connectivity index is 1.68. The summed E-state index contributed by atoms with van der Waals surface area (Å²) >= 11 is 0. The number of hydrogen-bond donors (Lipinski definition) is 1. The first-order chi connectivity index (χ1) is 14.0. The van der Waals surface area contributed by atoms with E-state index in [2.05, 4.69) is 28.6 Å². The molecule has 1 unspecified atom stereocenters. The first-order valence-corrected chi connectivity index (χ1v) is 10.2. The van der Waals surface area contributed by atoms with Crippen LogP contribution >= 0.6 is 0 Å². The molecule has 6 nitrogen and oxygen atoms in total. The van der Waals surface area contributed by atoms with Crippen molar-refractivity contribution in [3.8, 4) is 0 Å². The first kappa shape index (κ1) is 21.0. The van der Waals surface area contributed by atoms with Gasteiger partial charge >= 0.3 is 0 Å². The van der Waals surface area contributed by atoms with Gasteiger partial charge in [-0.15, -0.1) is 0 Å². The third-order valence-corrected chi connectivity index (χ3v) is 5.50. The predicted octanol–water partition coefficient (Wildman–Crippen LogP) is 2.41. The van der Waals surface area contributed by atoms with Crippen LogP contribution < -0.4 is 5.32 Å². The molecule has 29 heavy (non-hydrogen) atoms. The second-order valence-corrected chi connectivity index (χ2v) is 7.22. The molecule has 1 aromatic heterocycles. The number of aromatic nitrogens is 1. The maximum absolute atomic E-state index is 13.4. The Hall–Kier alpha value is -2.67. The maximum Gasteiger partial charge on any atom is 0.232 e. The van der Waals surface area contributed by atoms with Crippen LogP contribution in [0.4, 0.5) is 4.39 Å². The normalized spacial score (nSPS) is 16.0. The second kappa shape index (κ2) is 9.69. The fraction of sp³-hybridized carbons (Fsp3) is 0.455. The standard InChI is InChI=1S/C22H29FN4O2/c1-3-25(4-2)13-11-24-20(28)16-21(29)27-15-14-26-12-5-6-19(26)22(27)17-7-9-18(23)10-8-17/h5-10,12,22H,3-4,11,13-16H2,1-2H3,(H,24,28). The van der Waals surface area contributed by atoms with Gasteiger partial charge < -0.3 is 19.7 Å². The quantitative estimate of drug-likeness (QED) is 0.693. The van der Waals surface area contributed by atoms with Crippen molar-refractivity contribution in [3.63, 3.8) is 0 Å². The average Bonchev–Trinajstić information content (AvgIpc) is 3.20. The van der Waals surface area contributed by atoms with E-state index in [9.17, 15) is 14.0 Å². The number of nitrogens with zero attached hydrogens (tertiary/aromatic N) is 3. The molecule has 0 radical (unpaired) electrons. The van der Waals surface area contributed by atoms with Gasteiger partial charge in [0.1, 0.15) is 12.2 Å². The van der Waals surface area contributed by atoms with Crippen molar-refractivity contribution in [2.75, 3.05) is 32.7 Å². The molecule has 0 saturated heterocycles. The molecule has 2 heterocycles. The van der Waals surface area contributed by atoms with Crippen molar-refractivity contribution in [1.29, 1.82) is 0 Å². The first-order valence-electron chi connectivity index (χ1n) is 10.2. The topological polar surface area (TPSA) is 57.6 Å². The van der Waals surface area contributed by atoms with Gasteiger partial charge in [0.2, 0.25) is 11.8 Å². The van der Waals surface area contributed by atoms with Crippen molar-refractivity contribution >= 4 is 11.8 Å². The minimum atomic E-state index is -0.324. The fourth-order valence-electron chi connectivity index (χ4n) is 3.84. The van der Waals surface area contributed by atoms with Crippen molar-refractivity contribution in [2.24, 2.45) is 0 Å². The van der Waals surface area contributed by atoms with Gasteiger partial charge in [-0.1, -0.05) is 26.0 Å². The molecule has 1 aliphatic rings. The molecule has 3 rings (SSSR count). The van der Waals surface area contributed by atoms with Crippen LogP contribution in [0.1, 0.15) is 37.6 Å². The monoisotopic (exact) mass is 400 g/mol. The molecule has 1 N–H and O–H groups in total. The van der Waals surface area contributed by atoms with Crippen molar-refractivity contribution in [3.05, 3.63) is 59.7 Å². The van der Waals surface area contributed by atoms with Crippen LogP contribution in [0.25, 0.3) is 0 Å². The van der Waals surface area contributed by atoms with Gasteiger partial charge in [-0.05, 0) is 42.9 Å². The lowest BCUT2D eigenvalue weighted by Gasteiger charge is -2.37. The molecule has 0 fully saturated rings. The van der Waals surface area contributed by atoms with E-state index in [1.165, 1.54) is 12.1 Å². The number of amides is 2. The average molecular weight is 400 g/mol. The number of halogens is 1. The van der Waals surface area contributed by atoms with Crippen molar-refractivity contribution in [2.45, 2.75) is 32.9 Å². The summed E-state index contributed by atoms with van der Waals surface area (Å²) < 4.78 is 15.5. The van der Waals surface area contributed by atoms with Crippen molar-refractivity contribution < 1.29 is 14.0 Å². The highest BCUT2D eigenvalue weighted by Gasteiger charge is 2.32. The van der Waals surface area contributed by atoms with Gasteiger partial charge in [0, 0.05) is 38.1 Å². The molecule has 2 aromatic rings. The van der Waals surface area contributed by atoms with Crippen LogP contribution in [-0.2, 0) is 16.1 Å². The molecule has 0 aliphatic carbocycles. The maximum atomic E-state index is 13.4. The molecule has 2 amide bonds. The molecule has 7 heteroatoms. The second-order valence-electron chi connectivity index (χ2n) is 7.22. The summed E-state index contributed by atoms with van der Waals surface area (Å²) in [5, 5.41) is 2.85. The summed E-state index contributed by atoms with van der Waals surface area (Å²) in [4.78, 5) is 29.2. The minimum Gasteiger partial charge on any atom is -0.354 e. The van der Waals surface area contributed by atoms with E-state index in [0.29, 0.717) is 19.6 Å². The zero-order valence-electron chi connectivity index (χ0n) is 17.1. The Morgan fingerprint density at radius 1 is 1.14 bits per heavy atom. The lowest BCUT2D eigenvalue weighted by atomic mass is 9.99. The smallest absolute Gasteiger partial charge is 0.232 e. The lowest BCUT2D eigenvalue weighted by molar-refractivity contribution is -0.138. The summed E-state index contributed by atoms with van der Waals surface area (Å²) in [6, 6.07) is 9.80. The van der Waals surface area contributed by atoms with E-state index in [0.717, 1.165) is 30.9 Å². The number of carbonyl (C=O) groups is 2. The molecule has 1 aliphatic heterocycles. The highest BCUT2D eigenvalue weighted by atomic mass is 19.1. The molecular weight excluding hydrogens is 371 g/mol. The highest BCUT2D eigenvalue weighted by Crippen LogP contribution is 2.32. The molecule has 1 atom stereocenters. The van der Waals surface area contributed by atoms with Gasteiger partial charge in [0.25, 0.3) is 0 Å². The number of fused-ring (bicyclic) bond motifs is 1. The SMILES string of the molecule is CCN(CC)CCNC(=O)CC(=O)N1CCn2cccc2C1c1ccc(F)cc1. The Bertz CT molecular complexity index is 830. The minimum absolute atomic E-state index is 0.184. The Morgan fingerprint density at radius 2 is 1.86 bits per heavy atom. The van der Waals surface area contributed by atoms with E-state index >= 15 is 0 Å². The summed E-state index contributed by atoms with van der Waals surface area (Å²) in [6.07, 6.45) is 1.80. The number of rotatable bonds is 8. The zero-order valence-corrected chi connectivity index (χ0v) is 17.1. The summed E-state index contributed by atoms with van der Waals surface area (Å²) in [5.41, 5.74) is 1.81. The molecule has 0 spiro atoms. The lowest BCUT2D eigenvalue weighted by Crippen LogP contribution is -2.44. The van der Waals surface area contributed by atoms with E-state index in [-0.39, 0.29) is 30.1 Å². The molecule has 0 bridgehead atoms. The molecule has 0 saturated carbocycles. The predicted molar refractivity (Wildman–Crippen MR) is 110 cm³/mol. The zero-order chi connectivity index (χ0) is 20.8. The highest BCUT2D eigenvalue weighted by molar-refractivity contribution is 5.97. The van der Waals surface area contributed by atoms with Gasteiger partial charge in [0.15, 0.2) is 0 Å². The Kier molecular flexibility index (Phi) is 7.04. The summed E-state index contributed by atoms with van der Waals surface area (Å²) in [7, 11) is 0. The summed E-state index contributed by atoms with van der Waals surface area (Å²) in [5.74, 6) is -0.793. The van der Waals surface area contributed by atoms with E-state index in [4.69, 9.17) is 0 Å². The number of benzene rings is 1. The number of carbonyl (C=O) groups excluding carboxylic acids is 2. The van der Waals surface area contributed by atoms with Gasteiger partial charge in [-0.25, -0.2) is 4.39 Å². The Morgan fingerprint density at radius 3 is 2.55 bits per heavy atom. The summed E-state index contributed by atoms with van der Waals surface area (Å²) in [6.45, 7) is 8.49. The molecular formula is C22H29FN4O2. The van der Waals surface area contributed by atoms with Crippen LogP contribution in [0, 0.1) is 5.82 Å². The van der Waals surface area contributed by atoms with Crippen LogP contribution in [0.2, 0.25) is 0 Å². The van der Waals surface area contributed by atoms with E-state index in [1.807, 2.05) is 18.3 Å². The van der Waals surface area contributed by atoms with E-state index < -0.39 is 0 Å². The van der Waals surface area contributed by atoms with Crippen LogP contribution in [0.15, 0.2) is 42.6 Å². The molecule has 1 aromatic carbocycles. The van der Waals surface area contributed by atoms with Gasteiger partial charge in [-0.3, -0.25) is 9.59 Å². The van der Waals surface area contributed by atoms with E-state index in [1.54, 1.807) is 17.0 Å². The van der Waals surface area contributed by atoms with Crippen LogP contribution in [-0.4, -0.2) is 58.9 Å². The third kappa shape index (κ3) is 5.03. The van der Waals surface area contributed by atoms with Crippen LogP contribution in [0.5, 0.6) is 0 Å². The molecule has 156 valence electrons. The number of hydrogen-bond acceptors (Lipinski definition) is 3. The van der Waals surface area contributed by atoms with Gasteiger partial charge in [0.05, 0.1) is 6.04 Å². The number of nitrogens with one attached hydrogen (secondary N) is 1. The Labute approximate surface area is 171 Å². The van der Waals surface area contributed by atoms with Gasteiger partial charge in [-0.2, -0.15) is 0 Å². The largest absolute Gasteiger partial charge is 0.354 e. The fourth-order valence-corrected chi connectivity index (χ4v) is 3.84.